The molecule has 1 aromatic heterocycles. The van der Waals surface area contributed by atoms with E-state index in [0.717, 1.165) is 22.2 Å². The van der Waals surface area contributed by atoms with Crippen LogP contribution in [0.25, 0.3) is 17.0 Å². The lowest BCUT2D eigenvalue weighted by atomic mass is 10.1. The number of benzene rings is 2. The second-order valence-electron chi connectivity index (χ2n) is 4.99. The van der Waals surface area contributed by atoms with Gasteiger partial charge in [-0.25, -0.2) is 0 Å². The standard InChI is InChI=1S/C19H16N2O/c1-21(17-10-3-2-4-11-17)18(22)13-12-16-8-5-7-15-9-6-14-20-19(15)16/h2-14H,1H3/b13-12+. The summed E-state index contributed by atoms with van der Waals surface area (Å²) >= 11 is 0. The summed E-state index contributed by atoms with van der Waals surface area (Å²) in [6, 6.07) is 19.4. The molecule has 3 nitrogen and oxygen atoms in total. The molecule has 3 rings (SSSR count). The van der Waals surface area contributed by atoms with Crippen LogP contribution in [0, 0.1) is 0 Å². The second-order valence-corrected chi connectivity index (χ2v) is 4.99. The maximum absolute atomic E-state index is 12.3. The van der Waals surface area contributed by atoms with Crippen LogP contribution >= 0.6 is 0 Å². The molecule has 0 N–H and O–H groups in total. The molecule has 0 atom stereocenters. The number of carbonyl (C=O) groups excluding carboxylic acids is 1. The van der Waals surface area contributed by atoms with Gasteiger partial charge in [0.1, 0.15) is 0 Å². The summed E-state index contributed by atoms with van der Waals surface area (Å²) in [5.74, 6) is -0.0702. The van der Waals surface area contributed by atoms with Crippen LogP contribution in [0.4, 0.5) is 5.69 Å². The number of para-hydroxylation sites is 2. The molecule has 1 amide bonds. The van der Waals surface area contributed by atoms with Crippen molar-refractivity contribution in [2.24, 2.45) is 0 Å². The zero-order valence-corrected chi connectivity index (χ0v) is 12.3. The Hall–Kier alpha value is -2.94. The van der Waals surface area contributed by atoms with E-state index in [4.69, 9.17) is 0 Å². The minimum absolute atomic E-state index is 0.0702. The van der Waals surface area contributed by atoms with E-state index in [9.17, 15) is 4.79 Å². The highest BCUT2D eigenvalue weighted by Gasteiger charge is 2.07. The smallest absolute Gasteiger partial charge is 0.250 e. The first-order valence-corrected chi connectivity index (χ1v) is 7.10. The van der Waals surface area contributed by atoms with Gasteiger partial charge in [0, 0.05) is 36.0 Å². The Labute approximate surface area is 129 Å². The number of pyridine rings is 1. The summed E-state index contributed by atoms with van der Waals surface area (Å²) in [6.07, 6.45) is 5.16. The molecule has 1 heterocycles. The van der Waals surface area contributed by atoms with Crippen molar-refractivity contribution in [3.63, 3.8) is 0 Å². The molecule has 108 valence electrons. The fourth-order valence-electron chi connectivity index (χ4n) is 2.31. The Kier molecular flexibility index (Phi) is 3.97. The quantitative estimate of drug-likeness (QED) is 0.685. The summed E-state index contributed by atoms with van der Waals surface area (Å²) in [7, 11) is 1.77. The number of rotatable bonds is 3. The molecule has 0 saturated heterocycles. The number of hydrogen-bond donors (Lipinski definition) is 0. The summed E-state index contributed by atoms with van der Waals surface area (Å²) in [5, 5.41) is 1.06. The van der Waals surface area contributed by atoms with Gasteiger partial charge >= 0.3 is 0 Å². The number of fused-ring (bicyclic) bond motifs is 1. The average molecular weight is 288 g/mol. The van der Waals surface area contributed by atoms with Crippen molar-refractivity contribution in [3.8, 4) is 0 Å². The lowest BCUT2D eigenvalue weighted by Crippen LogP contribution is -2.23. The summed E-state index contributed by atoms with van der Waals surface area (Å²) in [6.45, 7) is 0. The van der Waals surface area contributed by atoms with Crippen molar-refractivity contribution in [2.75, 3.05) is 11.9 Å². The van der Waals surface area contributed by atoms with Crippen LogP contribution in [0.1, 0.15) is 5.56 Å². The molecule has 3 heteroatoms. The predicted octanol–water partition coefficient (Wildman–Crippen LogP) is 3.91. The highest BCUT2D eigenvalue weighted by Crippen LogP contribution is 2.18. The first-order chi connectivity index (χ1) is 10.8. The van der Waals surface area contributed by atoms with Crippen molar-refractivity contribution in [2.45, 2.75) is 0 Å². The fourth-order valence-corrected chi connectivity index (χ4v) is 2.31. The van der Waals surface area contributed by atoms with Gasteiger partial charge in [-0.1, -0.05) is 42.5 Å². The molecule has 0 saturated carbocycles. The lowest BCUT2D eigenvalue weighted by molar-refractivity contribution is -0.113. The minimum atomic E-state index is -0.0702. The first-order valence-electron chi connectivity index (χ1n) is 7.10. The number of nitrogens with zero attached hydrogens (tertiary/aromatic N) is 2. The minimum Gasteiger partial charge on any atom is -0.312 e. The van der Waals surface area contributed by atoms with Crippen LogP contribution in [0.5, 0.6) is 0 Å². The zero-order chi connectivity index (χ0) is 15.4. The molecule has 0 spiro atoms. The van der Waals surface area contributed by atoms with Crippen LogP contribution in [0.2, 0.25) is 0 Å². The van der Waals surface area contributed by atoms with E-state index in [1.165, 1.54) is 0 Å². The van der Waals surface area contributed by atoms with Gasteiger partial charge in [-0.05, 0) is 24.3 Å². The number of carbonyl (C=O) groups is 1. The maximum atomic E-state index is 12.3. The summed E-state index contributed by atoms with van der Waals surface area (Å²) in [5.41, 5.74) is 2.71. The second kappa shape index (κ2) is 6.22. The number of hydrogen-bond acceptors (Lipinski definition) is 2. The van der Waals surface area contributed by atoms with Crippen molar-refractivity contribution in [1.82, 2.24) is 4.98 Å². The number of amides is 1. The van der Waals surface area contributed by atoms with Crippen LogP contribution in [-0.2, 0) is 4.79 Å². The molecular weight excluding hydrogens is 272 g/mol. The highest BCUT2D eigenvalue weighted by atomic mass is 16.2. The van der Waals surface area contributed by atoms with Gasteiger partial charge in [0.25, 0.3) is 5.91 Å². The molecule has 0 aliphatic rings. The van der Waals surface area contributed by atoms with E-state index in [1.807, 2.05) is 66.7 Å². The van der Waals surface area contributed by atoms with Crippen molar-refractivity contribution in [3.05, 3.63) is 78.5 Å². The summed E-state index contributed by atoms with van der Waals surface area (Å²) in [4.78, 5) is 18.3. The maximum Gasteiger partial charge on any atom is 0.250 e. The average Bonchev–Trinajstić information content (AvgIpc) is 2.59. The van der Waals surface area contributed by atoms with E-state index in [2.05, 4.69) is 4.98 Å². The molecular formula is C19H16N2O. The fraction of sp³-hybridized carbons (Fsp3) is 0.0526. The lowest BCUT2D eigenvalue weighted by Gasteiger charge is -2.14. The van der Waals surface area contributed by atoms with Gasteiger partial charge in [-0.15, -0.1) is 0 Å². The normalized spacial score (nSPS) is 11.0. The molecule has 0 fully saturated rings. The monoisotopic (exact) mass is 288 g/mol. The van der Waals surface area contributed by atoms with E-state index in [-0.39, 0.29) is 5.91 Å². The molecule has 0 radical (unpaired) electrons. The van der Waals surface area contributed by atoms with Crippen molar-refractivity contribution >= 4 is 28.6 Å². The number of aromatic nitrogens is 1. The third-order valence-corrected chi connectivity index (χ3v) is 3.54. The van der Waals surface area contributed by atoms with E-state index in [0.29, 0.717) is 0 Å². The van der Waals surface area contributed by atoms with E-state index < -0.39 is 0 Å². The molecule has 2 aromatic carbocycles. The van der Waals surface area contributed by atoms with Crippen molar-refractivity contribution < 1.29 is 4.79 Å². The molecule has 0 bridgehead atoms. The number of anilines is 1. The van der Waals surface area contributed by atoms with Crippen molar-refractivity contribution in [1.29, 1.82) is 0 Å². The Morgan fingerprint density at radius 3 is 2.59 bits per heavy atom. The third kappa shape index (κ3) is 2.88. The Bertz CT molecular complexity index is 820. The molecule has 0 aliphatic heterocycles. The largest absolute Gasteiger partial charge is 0.312 e. The van der Waals surface area contributed by atoms with Gasteiger partial charge < -0.3 is 4.90 Å². The van der Waals surface area contributed by atoms with Crippen LogP contribution in [-0.4, -0.2) is 17.9 Å². The Balaban J connectivity index is 1.85. The van der Waals surface area contributed by atoms with Crippen LogP contribution < -0.4 is 4.90 Å². The van der Waals surface area contributed by atoms with Gasteiger partial charge in [0.15, 0.2) is 0 Å². The van der Waals surface area contributed by atoms with Gasteiger partial charge in [0.05, 0.1) is 5.52 Å². The van der Waals surface area contributed by atoms with E-state index >= 15 is 0 Å². The SMILES string of the molecule is CN(C(=O)/C=C/c1cccc2cccnc12)c1ccccc1. The predicted molar refractivity (Wildman–Crippen MR) is 90.6 cm³/mol. The van der Waals surface area contributed by atoms with E-state index in [1.54, 1.807) is 24.2 Å². The first kappa shape index (κ1) is 14.0. The Morgan fingerprint density at radius 2 is 1.77 bits per heavy atom. The van der Waals surface area contributed by atoms with Gasteiger partial charge in [-0.3, -0.25) is 9.78 Å². The molecule has 22 heavy (non-hydrogen) atoms. The third-order valence-electron chi connectivity index (χ3n) is 3.54. The van der Waals surface area contributed by atoms with Gasteiger partial charge in [-0.2, -0.15) is 0 Å². The highest BCUT2D eigenvalue weighted by molar-refractivity contribution is 6.04. The zero-order valence-electron chi connectivity index (χ0n) is 12.3. The Morgan fingerprint density at radius 1 is 1.00 bits per heavy atom. The van der Waals surface area contributed by atoms with Crippen LogP contribution in [0.15, 0.2) is 72.9 Å². The molecule has 0 aliphatic carbocycles. The summed E-state index contributed by atoms with van der Waals surface area (Å²) < 4.78 is 0. The van der Waals surface area contributed by atoms with Gasteiger partial charge in [0.2, 0.25) is 0 Å². The molecule has 0 unspecified atom stereocenters. The topological polar surface area (TPSA) is 33.2 Å². The number of likely N-dealkylation sites (N-methyl/N-ethyl adjacent to an activating group) is 1. The van der Waals surface area contributed by atoms with Crippen LogP contribution in [0.3, 0.4) is 0 Å². The molecule has 3 aromatic rings.